The SMILES string of the molecule is Cc1ccc2c(c1)CC(CC1(C(=O)O)CCCNC1)O2. The van der Waals surface area contributed by atoms with Crippen molar-refractivity contribution in [1.29, 1.82) is 0 Å². The fraction of sp³-hybridized carbons (Fsp3) is 0.562. The number of carboxylic acid groups (broad SMARTS) is 1. The first kappa shape index (κ1) is 13.4. The van der Waals surface area contributed by atoms with E-state index in [-0.39, 0.29) is 6.10 Å². The summed E-state index contributed by atoms with van der Waals surface area (Å²) in [5.74, 6) is 0.227. The summed E-state index contributed by atoms with van der Waals surface area (Å²) in [5.41, 5.74) is 1.76. The summed E-state index contributed by atoms with van der Waals surface area (Å²) >= 11 is 0. The van der Waals surface area contributed by atoms with E-state index >= 15 is 0 Å². The number of carbonyl (C=O) groups is 1. The predicted molar refractivity (Wildman–Crippen MR) is 76.1 cm³/mol. The van der Waals surface area contributed by atoms with Gasteiger partial charge < -0.3 is 15.2 Å². The van der Waals surface area contributed by atoms with E-state index in [1.54, 1.807) is 0 Å². The van der Waals surface area contributed by atoms with Crippen molar-refractivity contribution < 1.29 is 14.6 Å². The van der Waals surface area contributed by atoms with Crippen LogP contribution in [-0.2, 0) is 11.2 Å². The van der Waals surface area contributed by atoms with Gasteiger partial charge in [0.2, 0.25) is 0 Å². The van der Waals surface area contributed by atoms with Crippen LogP contribution in [0, 0.1) is 12.3 Å². The first-order valence-electron chi connectivity index (χ1n) is 7.29. The van der Waals surface area contributed by atoms with Gasteiger partial charge in [-0.15, -0.1) is 0 Å². The Kier molecular flexibility index (Phi) is 3.42. The van der Waals surface area contributed by atoms with Crippen LogP contribution >= 0.6 is 0 Å². The molecule has 2 aliphatic rings. The minimum Gasteiger partial charge on any atom is -0.490 e. The molecule has 108 valence electrons. The maximum absolute atomic E-state index is 11.7. The van der Waals surface area contributed by atoms with Gasteiger partial charge in [-0.2, -0.15) is 0 Å². The molecule has 0 bridgehead atoms. The molecule has 0 aromatic heterocycles. The Balaban J connectivity index is 1.74. The van der Waals surface area contributed by atoms with Gasteiger partial charge >= 0.3 is 5.97 Å². The summed E-state index contributed by atoms with van der Waals surface area (Å²) in [7, 11) is 0. The average Bonchev–Trinajstić information content (AvgIpc) is 2.80. The third-order valence-electron chi connectivity index (χ3n) is 4.50. The van der Waals surface area contributed by atoms with E-state index in [4.69, 9.17) is 4.74 Å². The lowest BCUT2D eigenvalue weighted by Gasteiger charge is -2.35. The zero-order chi connectivity index (χ0) is 14.2. The predicted octanol–water partition coefficient (Wildman–Crippen LogP) is 2.14. The van der Waals surface area contributed by atoms with Crippen LogP contribution < -0.4 is 10.1 Å². The van der Waals surface area contributed by atoms with Gasteiger partial charge in [0.05, 0.1) is 5.41 Å². The van der Waals surface area contributed by atoms with Crippen molar-refractivity contribution in [3.8, 4) is 5.75 Å². The minimum atomic E-state index is -0.694. The molecule has 20 heavy (non-hydrogen) atoms. The quantitative estimate of drug-likeness (QED) is 0.887. The third-order valence-corrected chi connectivity index (χ3v) is 4.50. The van der Waals surface area contributed by atoms with Crippen LogP contribution in [0.4, 0.5) is 0 Å². The van der Waals surface area contributed by atoms with E-state index in [1.807, 2.05) is 12.1 Å². The molecular formula is C16H21NO3. The summed E-state index contributed by atoms with van der Waals surface area (Å²) < 4.78 is 5.95. The van der Waals surface area contributed by atoms with Crippen molar-refractivity contribution in [1.82, 2.24) is 5.32 Å². The van der Waals surface area contributed by atoms with Crippen LogP contribution in [0.3, 0.4) is 0 Å². The van der Waals surface area contributed by atoms with E-state index < -0.39 is 11.4 Å². The Hall–Kier alpha value is -1.55. The first-order chi connectivity index (χ1) is 9.59. The van der Waals surface area contributed by atoms with Gasteiger partial charge in [0.25, 0.3) is 0 Å². The highest BCUT2D eigenvalue weighted by molar-refractivity contribution is 5.75. The molecule has 1 fully saturated rings. The third kappa shape index (κ3) is 2.40. The molecule has 1 saturated heterocycles. The molecule has 0 radical (unpaired) electrons. The van der Waals surface area contributed by atoms with E-state index in [0.29, 0.717) is 13.0 Å². The van der Waals surface area contributed by atoms with Gasteiger partial charge in [-0.05, 0) is 37.9 Å². The lowest BCUT2D eigenvalue weighted by atomic mass is 9.75. The highest BCUT2D eigenvalue weighted by atomic mass is 16.5. The topological polar surface area (TPSA) is 58.6 Å². The number of rotatable bonds is 3. The van der Waals surface area contributed by atoms with Crippen molar-refractivity contribution in [2.75, 3.05) is 13.1 Å². The van der Waals surface area contributed by atoms with Gasteiger partial charge in [0, 0.05) is 19.4 Å². The number of hydrogen-bond acceptors (Lipinski definition) is 3. The Morgan fingerprint density at radius 2 is 2.40 bits per heavy atom. The summed E-state index contributed by atoms with van der Waals surface area (Å²) in [5, 5.41) is 12.8. The Morgan fingerprint density at radius 3 is 3.10 bits per heavy atom. The van der Waals surface area contributed by atoms with E-state index in [9.17, 15) is 9.90 Å². The Morgan fingerprint density at radius 1 is 1.55 bits per heavy atom. The largest absolute Gasteiger partial charge is 0.490 e. The number of aliphatic carboxylic acids is 1. The van der Waals surface area contributed by atoms with Crippen molar-refractivity contribution in [2.24, 2.45) is 5.41 Å². The van der Waals surface area contributed by atoms with Gasteiger partial charge in [-0.3, -0.25) is 4.79 Å². The number of benzene rings is 1. The van der Waals surface area contributed by atoms with Crippen molar-refractivity contribution in [3.05, 3.63) is 29.3 Å². The van der Waals surface area contributed by atoms with E-state index in [0.717, 1.165) is 31.6 Å². The molecule has 4 nitrogen and oxygen atoms in total. The zero-order valence-corrected chi connectivity index (χ0v) is 11.8. The maximum atomic E-state index is 11.7. The van der Waals surface area contributed by atoms with Gasteiger partial charge in [0.1, 0.15) is 11.9 Å². The molecular weight excluding hydrogens is 254 g/mol. The zero-order valence-electron chi connectivity index (χ0n) is 11.8. The molecule has 0 spiro atoms. The number of ether oxygens (including phenoxy) is 1. The fourth-order valence-corrected chi connectivity index (χ4v) is 3.41. The molecule has 1 aromatic rings. The second-order valence-corrected chi connectivity index (χ2v) is 6.13. The smallest absolute Gasteiger partial charge is 0.311 e. The van der Waals surface area contributed by atoms with Gasteiger partial charge in [0.15, 0.2) is 0 Å². The monoisotopic (exact) mass is 275 g/mol. The normalized spacial score (nSPS) is 28.8. The summed E-state index contributed by atoms with van der Waals surface area (Å²) in [4.78, 5) is 11.7. The second-order valence-electron chi connectivity index (χ2n) is 6.13. The summed E-state index contributed by atoms with van der Waals surface area (Å²) in [6.45, 7) is 3.54. The molecule has 0 amide bonds. The number of aryl methyl sites for hydroxylation is 1. The molecule has 3 rings (SSSR count). The van der Waals surface area contributed by atoms with Crippen molar-refractivity contribution in [3.63, 3.8) is 0 Å². The van der Waals surface area contributed by atoms with E-state index in [2.05, 4.69) is 18.3 Å². The Labute approximate surface area is 119 Å². The van der Waals surface area contributed by atoms with Crippen LogP contribution in [0.1, 0.15) is 30.4 Å². The van der Waals surface area contributed by atoms with Crippen molar-refractivity contribution >= 4 is 5.97 Å². The lowest BCUT2D eigenvalue weighted by molar-refractivity contribution is -0.151. The average molecular weight is 275 g/mol. The highest BCUT2D eigenvalue weighted by Crippen LogP contribution is 2.38. The molecule has 2 heterocycles. The number of hydrogen-bond donors (Lipinski definition) is 2. The number of piperidine rings is 1. The molecule has 1 aromatic carbocycles. The Bertz CT molecular complexity index is 520. The van der Waals surface area contributed by atoms with Crippen LogP contribution in [0.15, 0.2) is 18.2 Å². The standard InChI is InChI=1S/C16H21NO3/c1-11-3-4-14-12(7-11)8-13(20-14)9-16(15(18)19)5-2-6-17-10-16/h3-4,7,13,17H,2,5-6,8-10H2,1H3,(H,18,19). The number of fused-ring (bicyclic) bond motifs is 1. The number of carboxylic acids is 1. The van der Waals surface area contributed by atoms with Crippen LogP contribution in [0.5, 0.6) is 5.75 Å². The molecule has 0 saturated carbocycles. The highest BCUT2D eigenvalue weighted by Gasteiger charge is 2.43. The van der Waals surface area contributed by atoms with Crippen LogP contribution in [0.2, 0.25) is 0 Å². The molecule has 2 aliphatic heterocycles. The van der Waals surface area contributed by atoms with Crippen LogP contribution in [0.25, 0.3) is 0 Å². The maximum Gasteiger partial charge on any atom is 0.311 e. The molecule has 0 aliphatic carbocycles. The van der Waals surface area contributed by atoms with E-state index in [1.165, 1.54) is 11.1 Å². The molecule has 2 unspecified atom stereocenters. The first-order valence-corrected chi connectivity index (χ1v) is 7.29. The second kappa shape index (κ2) is 5.09. The number of nitrogens with one attached hydrogen (secondary N) is 1. The molecule has 4 heteroatoms. The molecule has 2 N–H and O–H groups in total. The van der Waals surface area contributed by atoms with Gasteiger partial charge in [-0.1, -0.05) is 17.7 Å². The van der Waals surface area contributed by atoms with Gasteiger partial charge in [-0.25, -0.2) is 0 Å². The fourth-order valence-electron chi connectivity index (χ4n) is 3.41. The lowest BCUT2D eigenvalue weighted by Crippen LogP contribution is -2.47. The van der Waals surface area contributed by atoms with Crippen LogP contribution in [-0.4, -0.2) is 30.3 Å². The minimum absolute atomic E-state index is 0.0113. The summed E-state index contributed by atoms with van der Waals surface area (Å²) in [6.07, 6.45) is 3.06. The molecule has 2 atom stereocenters. The van der Waals surface area contributed by atoms with Crippen molar-refractivity contribution in [2.45, 2.75) is 38.7 Å². The summed E-state index contributed by atoms with van der Waals surface area (Å²) in [6, 6.07) is 6.18.